The topological polar surface area (TPSA) is 46.5 Å². The third-order valence-electron chi connectivity index (χ3n) is 2.55. The Balaban J connectivity index is 2.03. The number of H-pyrrole nitrogens is 1. The molecule has 4 nitrogen and oxygen atoms in total. The predicted octanol–water partition coefficient (Wildman–Crippen LogP) is 0.601. The second kappa shape index (κ2) is 3.52. The minimum Gasteiger partial charge on any atom is -0.277 e. The van der Waals surface area contributed by atoms with E-state index in [-0.39, 0.29) is 0 Å². The SMILES string of the molecule is [B]c1cnn(Cc2cccc3cn[nH]c23)c1. The first-order chi connectivity index (χ1) is 7.83. The summed E-state index contributed by atoms with van der Waals surface area (Å²) < 4.78 is 1.81. The molecule has 3 rings (SSSR count). The zero-order chi connectivity index (χ0) is 11.0. The average molecular weight is 208 g/mol. The van der Waals surface area contributed by atoms with Crippen molar-refractivity contribution in [1.29, 1.82) is 0 Å². The highest BCUT2D eigenvalue weighted by atomic mass is 15.3. The summed E-state index contributed by atoms with van der Waals surface area (Å²) in [6.45, 7) is 0.691. The maximum atomic E-state index is 5.62. The average Bonchev–Trinajstić information content (AvgIpc) is 2.87. The van der Waals surface area contributed by atoms with Crippen LogP contribution in [0, 0.1) is 0 Å². The van der Waals surface area contributed by atoms with Crippen LogP contribution < -0.4 is 5.46 Å². The van der Waals surface area contributed by atoms with Crippen LogP contribution in [0.2, 0.25) is 0 Å². The highest BCUT2D eigenvalue weighted by Gasteiger charge is 2.03. The van der Waals surface area contributed by atoms with E-state index in [1.807, 2.05) is 29.2 Å². The number of benzene rings is 1. The summed E-state index contributed by atoms with van der Waals surface area (Å²) in [7, 11) is 5.62. The number of rotatable bonds is 2. The molecule has 76 valence electrons. The maximum Gasteiger partial charge on any atom is 0.118 e. The lowest BCUT2D eigenvalue weighted by Crippen LogP contribution is -2.02. The Morgan fingerprint density at radius 2 is 2.25 bits per heavy atom. The Bertz CT molecular complexity index is 625. The van der Waals surface area contributed by atoms with Gasteiger partial charge in [0.2, 0.25) is 0 Å². The number of fused-ring (bicyclic) bond motifs is 1. The minimum absolute atomic E-state index is 0.678. The number of aromatic nitrogens is 4. The van der Waals surface area contributed by atoms with Gasteiger partial charge in [-0.25, -0.2) is 0 Å². The Hall–Kier alpha value is -2.04. The fourth-order valence-electron chi connectivity index (χ4n) is 1.80. The lowest BCUT2D eigenvalue weighted by Gasteiger charge is -2.02. The van der Waals surface area contributed by atoms with E-state index >= 15 is 0 Å². The molecule has 0 saturated carbocycles. The van der Waals surface area contributed by atoms with Crippen LogP contribution in [0.4, 0.5) is 0 Å². The lowest BCUT2D eigenvalue weighted by atomic mass is 10.0. The van der Waals surface area contributed by atoms with E-state index < -0.39 is 0 Å². The van der Waals surface area contributed by atoms with Crippen LogP contribution in [-0.4, -0.2) is 27.8 Å². The molecular formula is C11H9BN4. The van der Waals surface area contributed by atoms with E-state index in [2.05, 4.69) is 21.4 Å². The molecule has 0 aliphatic heterocycles. The van der Waals surface area contributed by atoms with Crippen molar-refractivity contribution in [2.45, 2.75) is 6.54 Å². The molecule has 16 heavy (non-hydrogen) atoms. The van der Waals surface area contributed by atoms with E-state index in [0.29, 0.717) is 12.0 Å². The summed E-state index contributed by atoms with van der Waals surface area (Å²) in [6, 6.07) is 6.10. The minimum atomic E-state index is 0.678. The van der Waals surface area contributed by atoms with Crippen LogP contribution in [0.15, 0.2) is 36.8 Å². The van der Waals surface area contributed by atoms with Crippen LogP contribution in [0.1, 0.15) is 5.56 Å². The van der Waals surface area contributed by atoms with Crippen molar-refractivity contribution in [3.8, 4) is 0 Å². The summed E-state index contributed by atoms with van der Waals surface area (Å²) in [4.78, 5) is 0. The summed E-state index contributed by atoms with van der Waals surface area (Å²) in [5.74, 6) is 0. The Labute approximate surface area is 93.7 Å². The van der Waals surface area contributed by atoms with Crippen molar-refractivity contribution in [2.75, 3.05) is 0 Å². The van der Waals surface area contributed by atoms with Gasteiger partial charge >= 0.3 is 0 Å². The van der Waals surface area contributed by atoms with E-state index in [9.17, 15) is 0 Å². The van der Waals surface area contributed by atoms with Gasteiger partial charge in [0, 0.05) is 17.8 Å². The van der Waals surface area contributed by atoms with Gasteiger partial charge in [-0.05, 0) is 5.56 Å². The van der Waals surface area contributed by atoms with Crippen molar-refractivity contribution in [3.05, 3.63) is 42.4 Å². The molecular weight excluding hydrogens is 199 g/mol. The van der Waals surface area contributed by atoms with Crippen molar-refractivity contribution in [1.82, 2.24) is 20.0 Å². The second-order valence-electron chi connectivity index (χ2n) is 3.72. The number of nitrogens with zero attached hydrogens (tertiary/aromatic N) is 3. The molecule has 5 heteroatoms. The molecule has 0 amide bonds. The summed E-state index contributed by atoms with van der Waals surface area (Å²) in [5.41, 5.74) is 2.88. The molecule has 2 heterocycles. The third kappa shape index (κ3) is 1.50. The van der Waals surface area contributed by atoms with Gasteiger partial charge in [-0.15, -0.1) is 0 Å². The van der Waals surface area contributed by atoms with Gasteiger partial charge in [-0.3, -0.25) is 9.78 Å². The van der Waals surface area contributed by atoms with Gasteiger partial charge in [0.25, 0.3) is 0 Å². The first kappa shape index (κ1) is 9.21. The molecule has 0 fully saturated rings. The maximum absolute atomic E-state index is 5.62. The molecule has 0 saturated heterocycles. The molecule has 2 aromatic heterocycles. The van der Waals surface area contributed by atoms with Gasteiger partial charge in [0.15, 0.2) is 0 Å². The van der Waals surface area contributed by atoms with Crippen molar-refractivity contribution in [3.63, 3.8) is 0 Å². The van der Waals surface area contributed by atoms with Gasteiger partial charge in [-0.2, -0.15) is 10.2 Å². The van der Waals surface area contributed by atoms with Crippen LogP contribution in [0.25, 0.3) is 10.9 Å². The molecule has 2 radical (unpaired) electrons. The molecule has 0 aliphatic carbocycles. The van der Waals surface area contributed by atoms with E-state index in [0.717, 1.165) is 16.5 Å². The monoisotopic (exact) mass is 208 g/mol. The third-order valence-corrected chi connectivity index (χ3v) is 2.55. The molecule has 0 aliphatic rings. The normalized spacial score (nSPS) is 11.0. The standard InChI is InChI=1S/C11H9BN4/c12-10-5-14-16(7-10)6-9-3-1-2-8-4-13-15-11(8)9/h1-5,7H,6H2,(H,13,15). The fourth-order valence-corrected chi connectivity index (χ4v) is 1.80. The molecule has 0 bridgehead atoms. The van der Waals surface area contributed by atoms with E-state index in [4.69, 9.17) is 7.85 Å². The zero-order valence-electron chi connectivity index (χ0n) is 8.59. The smallest absolute Gasteiger partial charge is 0.118 e. The quantitative estimate of drug-likeness (QED) is 0.627. The highest BCUT2D eigenvalue weighted by Crippen LogP contribution is 2.15. The number of aromatic amines is 1. The van der Waals surface area contributed by atoms with E-state index in [1.165, 1.54) is 0 Å². The van der Waals surface area contributed by atoms with Crippen molar-refractivity contribution in [2.24, 2.45) is 0 Å². The summed E-state index contributed by atoms with van der Waals surface area (Å²) in [6.07, 6.45) is 5.28. The first-order valence-corrected chi connectivity index (χ1v) is 5.02. The van der Waals surface area contributed by atoms with Crippen LogP contribution in [-0.2, 0) is 6.54 Å². The second-order valence-corrected chi connectivity index (χ2v) is 3.72. The Morgan fingerprint density at radius 1 is 1.31 bits per heavy atom. The molecule has 3 aromatic rings. The lowest BCUT2D eigenvalue weighted by molar-refractivity contribution is 0.689. The molecule has 0 atom stereocenters. The Morgan fingerprint density at radius 3 is 3.06 bits per heavy atom. The number of hydrogen-bond acceptors (Lipinski definition) is 2. The van der Waals surface area contributed by atoms with Crippen molar-refractivity contribution >= 4 is 24.2 Å². The van der Waals surface area contributed by atoms with Crippen LogP contribution in [0.5, 0.6) is 0 Å². The first-order valence-electron chi connectivity index (χ1n) is 5.02. The Kier molecular flexibility index (Phi) is 2.03. The van der Waals surface area contributed by atoms with Crippen LogP contribution >= 0.6 is 0 Å². The zero-order valence-corrected chi connectivity index (χ0v) is 8.59. The predicted molar refractivity (Wildman–Crippen MR) is 62.8 cm³/mol. The molecule has 1 aromatic carbocycles. The number of nitrogens with one attached hydrogen (secondary N) is 1. The number of para-hydroxylation sites is 1. The van der Waals surface area contributed by atoms with Gasteiger partial charge in [0.1, 0.15) is 7.85 Å². The highest BCUT2D eigenvalue weighted by molar-refractivity contribution is 6.31. The molecule has 0 spiro atoms. The fraction of sp³-hybridized carbons (Fsp3) is 0.0909. The van der Waals surface area contributed by atoms with Gasteiger partial charge < -0.3 is 0 Å². The van der Waals surface area contributed by atoms with Gasteiger partial charge in [-0.1, -0.05) is 23.7 Å². The summed E-state index contributed by atoms with van der Waals surface area (Å²) in [5, 5.41) is 12.3. The van der Waals surface area contributed by atoms with Crippen molar-refractivity contribution < 1.29 is 0 Å². The molecule has 1 N–H and O–H groups in total. The largest absolute Gasteiger partial charge is 0.277 e. The van der Waals surface area contributed by atoms with Gasteiger partial charge in [0.05, 0.1) is 18.3 Å². The number of hydrogen-bond donors (Lipinski definition) is 1. The molecule has 0 unspecified atom stereocenters. The van der Waals surface area contributed by atoms with E-state index in [1.54, 1.807) is 6.20 Å². The summed E-state index contributed by atoms with van der Waals surface area (Å²) >= 11 is 0. The van der Waals surface area contributed by atoms with Crippen LogP contribution in [0.3, 0.4) is 0 Å².